The van der Waals surface area contributed by atoms with Gasteiger partial charge in [0.25, 0.3) is 0 Å². The molecule has 0 bridgehead atoms. The summed E-state index contributed by atoms with van der Waals surface area (Å²) in [6.07, 6.45) is 4.99. The zero-order chi connectivity index (χ0) is 13.4. The summed E-state index contributed by atoms with van der Waals surface area (Å²) in [6.45, 7) is 2.46. The molecule has 4 nitrogen and oxygen atoms in total. The normalized spacial score (nSPS) is 24.7. The molecule has 106 valence electrons. The van der Waals surface area contributed by atoms with Crippen LogP contribution in [-0.2, 0) is 6.61 Å². The second-order valence-electron chi connectivity index (χ2n) is 5.91. The summed E-state index contributed by atoms with van der Waals surface area (Å²) in [4.78, 5) is 10.6. The number of aliphatic hydroxyl groups is 1. The van der Waals surface area contributed by atoms with Crippen LogP contribution in [0.1, 0.15) is 42.2 Å². The van der Waals surface area contributed by atoms with Gasteiger partial charge < -0.3 is 14.9 Å². The number of aromatic nitrogens is 1. The Hall–Kier alpha value is -0.650. The van der Waals surface area contributed by atoms with Crippen LogP contribution < -0.4 is 4.90 Å². The molecule has 2 aliphatic rings. The number of piperidine rings is 1. The molecule has 1 saturated carbocycles. The van der Waals surface area contributed by atoms with Crippen molar-refractivity contribution in [1.82, 2.24) is 9.88 Å². The molecule has 0 radical (unpaired) electrons. The molecular weight excluding hydrogens is 258 g/mol. The van der Waals surface area contributed by atoms with Crippen molar-refractivity contribution in [2.75, 3.05) is 32.1 Å². The van der Waals surface area contributed by atoms with Gasteiger partial charge in [0.1, 0.15) is 0 Å². The standard InChI is InChI=1S/C14H23N3OS/c1-16-7-3-4-11(8-16)17(2)14-15-13(10-5-6-10)12(9-18)19-14/h10-11,18H,3-9H2,1-2H3. The van der Waals surface area contributed by atoms with Crippen molar-refractivity contribution in [3.8, 4) is 0 Å². The van der Waals surface area contributed by atoms with Gasteiger partial charge in [0, 0.05) is 25.6 Å². The van der Waals surface area contributed by atoms with E-state index in [9.17, 15) is 5.11 Å². The van der Waals surface area contributed by atoms with E-state index in [1.54, 1.807) is 11.3 Å². The number of thiazole rings is 1. The maximum absolute atomic E-state index is 9.49. The average Bonchev–Trinajstić information content (AvgIpc) is 3.17. The van der Waals surface area contributed by atoms with E-state index in [0.717, 1.165) is 16.6 Å². The number of nitrogens with zero attached hydrogens (tertiary/aromatic N) is 3. The van der Waals surface area contributed by atoms with Gasteiger partial charge in [0.05, 0.1) is 17.2 Å². The highest BCUT2D eigenvalue weighted by Gasteiger charge is 2.31. The van der Waals surface area contributed by atoms with Crippen molar-refractivity contribution in [1.29, 1.82) is 0 Å². The maximum Gasteiger partial charge on any atom is 0.185 e. The topological polar surface area (TPSA) is 39.6 Å². The summed E-state index contributed by atoms with van der Waals surface area (Å²) in [5, 5.41) is 10.6. The van der Waals surface area contributed by atoms with Gasteiger partial charge in [0.2, 0.25) is 0 Å². The summed E-state index contributed by atoms with van der Waals surface area (Å²) in [5.74, 6) is 0.620. The summed E-state index contributed by atoms with van der Waals surface area (Å²) in [7, 11) is 4.34. The highest BCUT2D eigenvalue weighted by Crippen LogP contribution is 2.44. The molecule has 1 aliphatic carbocycles. The van der Waals surface area contributed by atoms with Gasteiger partial charge in [-0.1, -0.05) is 11.3 Å². The predicted molar refractivity (Wildman–Crippen MR) is 78.9 cm³/mol. The van der Waals surface area contributed by atoms with Crippen molar-refractivity contribution in [3.63, 3.8) is 0 Å². The Bertz CT molecular complexity index is 444. The summed E-state index contributed by atoms with van der Waals surface area (Å²) in [6, 6.07) is 0.559. The van der Waals surface area contributed by atoms with E-state index in [4.69, 9.17) is 4.98 Å². The van der Waals surface area contributed by atoms with Gasteiger partial charge in [-0.2, -0.15) is 0 Å². The largest absolute Gasteiger partial charge is 0.391 e. The number of likely N-dealkylation sites (tertiary alicyclic amines) is 1. The minimum atomic E-state index is 0.141. The minimum absolute atomic E-state index is 0.141. The average molecular weight is 281 g/mol. The molecule has 0 amide bonds. The van der Waals surface area contributed by atoms with Crippen molar-refractivity contribution in [2.24, 2.45) is 0 Å². The lowest BCUT2D eigenvalue weighted by Gasteiger charge is -2.35. The van der Waals surface area contributed by atoms with E-state index in [2.05, 4.69) is 23.9 Å². The first-order valence-electron chi connectivity index (χ1n) is 7.21. The second-order valence-corrected chi connectivity index (χ2v) is 6.97. The fourth-order valence-electron chi connectivity index (χ4n) is 2.90. The molecule has 0 spiro atoms. The number of hydrogen-bond acceptors (Lipinski definition) is 5. The first-order chi connectivity index (χ1) is 9.19. The summed E-state index contributed by atoms with van der Waals surface area (Å²) < 4.78 is 0. The van der Waals surface area contributed by atoms with Crippen LogP contribution in [0.5, 0.6) is 0 Å². The zero-order valence-corrected chi connectivity index (χ0v) is 12.6. The smallest absolute Gasteiger partial charge is 0.185 e. The Morgan fingerprint density at radius 1 is 1.42 bits per heavy atom. The van der Waals surface area contributed by atoms with Crippen LogP contribution in [0.3, 0.4) is 0 Å². The fraction of sp³-hybridized carbons (Fsp3) is 0.786. The zero-order valence-electron chi connectivity index (χ0n) is 11.8. The third kappa shape index (κ3) is 2.78. The van der Waals surface area contributed by atoms with Crippen LogP contribution in [0.4, 0.5) is 5.13 Å². The minimum Gasteiger partial charge on any atom is -0.391 e. The first-order valence-corrected chi connectivity index (χ1v) is 8.02. The van der Waals surface area contributed by atoms with Crippen LogP contribution in [0.2, 0.25) is 0 Å². The van der Waals surface area contributed by atoms with Gasteiger partial charge in [0.15, 0.2) is 5.13 Å². The predicted octanol–water partition coefficient (Wildman–Crippen LogP) is 2.04. The van der Waals surface area contributed by atoms with Crippen LogP contribution in [0, 0.1) is 0 Å². The maximum atomic E-state index is 9.49. The molecule has 2 fully saturated rings. The number of likely N-dealkylation sites (N-methyl/N-ethyl adjacent to an activating group) is 2. The van der Waals surface area contributed by atoms with Crippen molar-refractivity contribution < 1.29 is 5.11 Å². The Balaban J connectivity index is 1.77. The van der Waals surface area contributed by atoms with Crippen LogP contribution in [-0.4, -0.2) is 48.2 Å². The van der Waals surface area contributed by atoms with Crippen molar-refractivity contribution in [3.05, 3.63) is 10.6 Å². The van der Waals surface area contributed by atoms with E-state index >= 15 is 0 Å². The third-order valence-corrected chi connectivity index (χ3v) is 5.42. The van der Waals surface area contributed by atoms with Gasteiger partial charge in [-0.25, -0.2) is 4.98 Å². The molecule has 1 saturated heterocycles. The first kappa shape index (κ1) is 13.3. The van der Waals surface area contributed by atoms with Crippen molar-refractivity contribution >= 4 is 16.5 Å². The molecule has 1 aromatic rings. The number of anilines is 1. The SMILES string of the molecule is CN1CCCC(N(C)c2nc(C3CC3)c(CO)s2)C1. The highest BCUT2D eigenvalue weighted by atomic mass is 32.1. The lowest BCUT2D eigenvalue weighted by atomic mass is 10.1. The molecule has 1 N–H and O–H groups in total. The Kier molecular flexibility index (Phi) is 3.78. The quantitative estimate of drug-likeness (QED) is 0.917. The molecule has 19 heavy (non-hydrogen) atoms. The highest BCUT2D eigenvalue weighted by molar-refractivity contribution is 7.15. The van der Waals surface area contributed by atoms with Crippen molar-refractivity contribution in [2.45, 2.75) is 44.2 Å². The van der Waals surface area contributed by atoms with E-state index in [1.807, 2.05) is 0 Å². The van der Waals surface area contributed by atoms with Crippen LogP contribution in [0.25, 0.3) is 0 Å². The second kappa shape index (κ2) is 5.38. The van der Waals surface area contributed by atoms with Gasteiger partial charge in [-0.05, 0) is 39.3 Å². The summed E-state index contributed by atoms with van der Waals surface area (Å²) in [5.41, 5.74) is 1.17. The van der Waals surface area contributed by atoms with Gasteiger partial charge in [-0.3, -0.25) is 0 Å². The van der Waals surface area contributed by atoms with E-state index in [1.165, 1.54) is 37.9 Å². The van der Waals surface area contributed by atoms with E-state index in [-0.39, 0.29) is 6.61 Å². The molecule has 1 aromatic heterocycles. The number of aliphatic hydroxyl groups excluding tert-OH is 1. The van der Waals surface area contributed by atoms with E-state index < -0.39 is 0 Å². The number of hydrogen-bond donors (Lipinski definition) is 1. The molecule has 3 rings (SSSR count). The van der Waals surface area contributed by atoms with Gasteiger partial charge >= 0.3 is 0 Å². The molecule has 1 unspecified atom stereocenters. The Labute approximate surface area is 119 Å². The monoisotopic (exact) mass is 281 g/mol. The van der Waals surface area contributed by atoms with Gasteiger partial charge in [-0.15, -0.1) is 0 Å². The molecule has 1 aliphatic heterocycles. The Morgan fingerprint density at radius 2 is 2.21 bits per heavy atom. The lowest BCUT2D eigenvalue weighted by molar-refractivity contribution is 0.248. The molecular formula is C14H23N3OS. The molecule has 2 heterocycles. The number of rotatable bonds is 4. The van der Waals surface area contributed by atoms with Crippen LogP contribution in [0.15, 0.2) is 0 Å². The molecule has 0 aromatic carbocycles. The van der Waals surface area contributed by atoms with Crippen LogP contribution >= 0.6 is 11.3 Å². The Morgan fingerprint density at radius 3 is 2.84 bits per heavy atom. The summed E-state index contributed by atoms with van der Waals surface area (Å²) >= 11 is 1.68. The third-order valence-electron chi connectivity index (χ3n) is 4.27. The lowest BCUT2D eigenvalue weighted by Crippen LogP contribution is -2.45. The molecule has 1 atom stereocenters. The fourth-order valence-corrected chi connectivity index (χ4v) is 3.94. The molecule has 5 heteroatoms. The van der Waals surface area contributed by atoms with E-state index in [0.29, 0.717) is 12.0 Å².